The molecule has 9 nitrogen and oxygen atoms in total. The predicted molar refractivity (Wildman–Crippen MR) is 95.6 cm³/mol. The minimum Gasteiger partial charge on any atom is -0.258 e. The second kappa shape index (κ2) is 6.56. The third-order valence-corrected chi connectivity index (χ3v) is 5.61. The molecule has 26 heavy (non-hydrogen) atoms. The highest BCUT2D eigenvalue weighted by Gasteiger charge is 2.24. The summed E-state index contributed by atoms with van der Waals surface area (Å²) in [7, 11) is -2.75. The molecule has 0 aliphatic carbocycles. The van der Waals surface area contributed by atoms with Gasteiger partial charge in [-0.15, -0.1) is 0 Å². The number of hydrogen-bond donors (Lipinski definition) is 0. The number of rotatable bonds is 5. The van der Waals surface area contributed by atoms with Gasteiger partial charge in [0, 0.05) is 30.9 Å². The number of non-ortho nitro benzene ring substituents is 1. The zero-order chi connectivity index (χ0) is 18.9. The topological polar surface area (TPSA) is 110 Å². The van der Waals surface area contributed by atoms with E-state index in [1.807, 2.05) is 18.2 Å². The summed E-state index contributed by atoms with van der Waals surface area (Å²) >= 11 is 0. The zero-order valence-electron chi connectivity index (χ0n) is 14.0. The van der Waals surface area contributed by atoms with Crippen LogP contribution in [0.25, 0.3) is 5.52 Å². The van der Waals surface area contributed by atoms with Gasteiger partial charge < -0.3 is 0 Å². The first-order valence-electron chi connectivity index (χ1n) is 7.51. The maximum absolute atomic E-state index is 12.7. The summed E-state index contributed by atoms with van der Waals surface area (Å²) in [5.41, 5.74) is 1.51. The van der Waals surface area contributed by atoms with Crippen molar-refractivity contribution in [3.63, 3.8) is 0 Å². The summed E-state index contributed by atoms with van der Waals surface area (Å²) in [4.78, 5) is 10.1. The lowest BCUT2D eigenvalue weighted by atomic mass is 10.2. The molecular formula is C16H15N5O4S. The Morgan fingerprint density at radius 2 is 2.08 bits per heavy atom. The molecule has 3 aromatic rings. The molecule has 0 unspecified atom stereocenters. The van der Waals surface area contributed by atoms with E-state index in [0.29, 0.717) is 11.1 Å². The number of nitro benzene ring substituents is 1. The summed E-state index contributed by atoms with van der Waals surface area (Å²) in [5, 5.41) is 19.0. The molecule has 2 aromatic heterocycles. The van der Waals surface area contributed by atoms with E-state index in [2.05, 4.69) is 10.2 Å². The lowest BCUT2D eigenvalue weighted by Gasteiger charge is -2.15. The second-order valence-electron chi connectivity index (χ2n) is 5.52. The van der Waals surface area contributed by atoms with Gasteiger partial charge in [-0.25, -0.2) is 4.52 Å². The molecule has 1 aromatic carbocycles. The van der Waals surface area contributed by atoms with Crippen molar-refractivity contribution in [3.8, 4) is 0 Å². The summed E-state index contributed by atoms with van der Waals surface area (Å²) in [6.07, 6.45) is 4.71. The summed E-state index contributed by atoms with van der Waals surface area (Å²) in [6.45, 7) is 1.57. The number of benzene rings is 1. The number of hydrogen-bond acceptors (Lipinski definition) is 6. The maximum atomic E-state index is 12.7. The van der Waals surface area contributed by atoms with Crippen LogP contribution in [0.5, 0.6) is 0 Å². The third kappa shape index (κ3) is 3.14. The summed E-state index contributed by atoms with van der Waals surface area (Å²) in [6, 6.07) is 9.17. The number of aryl methyl sites for hydroxylation is 1. The van der Waals surface area contributed by atoms with Crippen LogP contribution in [-0.2, 0) is 10.0 Å². The average molecular weight is 373 g/mol. The fraction of sp³-hybridized carbons (Fsp3) is 0.125. The molecule has 0 N–H and O–H groups in total. The predicted octanol–water partition coefficient (Wildman–Crippen LogP) is 2.21. The van der Waals surface area contributed by atoms with E-state index in [9.17, 15) is 18.5 Å². The molecule has 10 heteroatoms. The highest BCUT2D eigenvalue weighted by atomic mass is 32.2. The molecule has 2 heterocycles. The van der Waals surface area contributed by atoms with Crippen molar-refractivity contribution in [2.24, 2.45) is 5.10 Å². The van der Waals surface area contributed by atoms with E-state index >= 15 is 0 Å². The lowest BCUT2D eigenvalue weighted by Crippen LogP contribution is -2.22. The molecule has 0 amide bonds. The van der Waals surface area contributed by atoms with Crippen molar-refractivity contribution < 1.29 is 13.3 Å². The Morgan fingerprint density at radius 3 is 2.81 bits per heavy atom. The Kier molecular flexibility index (Phi) is 4.43. The number of hydrazone groups is 1. The molecule has 0 spiro atoms. The van der Waals surface area contributed by atoms with Crippen molar-refractivity contribution in [1.29, 1.82) is 0 Å². The van der Waals surface area contributed by atoms with Crippen molar-refractivity contribution >= 4 is 27.4 Å². The molecular weight excluding hydrogens is 358 g/mol. The first-order chi connectivity index (χ1) is 12.3. The molecule has 0 radical (unpaired) electrons. The zero-order valence-corrected chi connectivity index (χ0v) is 14.8. The molecule has 0 aliphatic rings. The number of nitrogens with zero attached hydrogens (tertiary/aromatic N) is 5. The van der Waals surface area contributed by atoms with Gasteiger partial charge in [0.25, 0.3) is 15.7 Å². The smallest absolute Gasteiger partial charge is 0.258 e. The quantitative estimate of drug-likeness (QED) is 0.387. The third-order valence-electron chi connectivity index (χ3n) is 3.82. The maximum Gasteiger partial charge on any atom is 0.279 e. The van der Waals surface area contributed by atoms with Crippen LogP contribution in [0.4, 0.5) is 5.69 Å². The molecule has 0 saturated heterocycles. The minimum absolute atomic E-state index is 0.161. The monoisotopic (exact) mass is 373 g/mol. The van der Waals surface area contributed by atoms with Crippen LogP contribution < -0.4 is 0 Å². The lowest BCUT2D eigenvalue weighted by molar-refractivity contribution is -0.385. The van der Waals surface area contributed by atoms with Gasteiger partial charge in [0.1, 0.15) is 0 Å². The van der Waals surface area contributed by atoms with Crippen LogP contribution in [0.3, 0.4) is 0 Å². The van der Waals surface area contributed by atoms with Gasteiger partial charge in [-0.2, -0.15) is 23.0 Å². The Balaban J connectivity index is 1.95. The molecule has 0 bridgehead atoms. The Bertz CT molecular complexity index is 1120. The number of aromatic nitrogens is 2. The van der Waals surface area contributed by atoms with E-state index in [4.69, 9.17) is 0 Å². The van der Waals surface area contributed by atoms with Crippen molar-refractivity contribution in [2.45, 2.75) is 11.8 Å². The van der Waals surface area contributed by atoms with Gasteiger partial charge in [0.15, 0.2) is 0 Å². The van der Waals surface area contributed by atoms with Gasteiger partial charge in [-0.05, 0) is 24.6 Å². The first-order valence-corrected chi connectivity index (χ1v) is 8.95. The van der Waals surface area contributed by atoms with Gasteiger partial charge >= 0.3 is 0 Å². The van der Waals surface area contributed by atoms with Crippen molar-refractivity contribution in [3.05, 3.63) is 70.0 Å². The van der Waals surface area contributed by atoms with E-state index in [0.717, 1.165) is 16.0 Å². The number of pyridine rings is 1. The normalized spacial score (nSPS) is 11.9. The molecule has 0 aliphatic heterocycles. The highest BCUT2D eigenvalue weighted by Crippen LogP contribution is 2.24. The van der Waals surface area contributed by atoms with Gasteiger partial charge in [-0.3, -0.25) is 10.1 Å². The van der Waals surface area contributed by atoms with E-state index in [1.165, 1.54) is 25.4 Å². The average Bonchev–Trinajstić information content (AvgIpc) is 3.02. The van der Waals surface area contributed by atoms with Gasteiger partial charge in [-0.1, -0.05) is 12.1 Å². The highest BCUT2D eigenvalue weighted by molar-refractivity contribution is 7.89. The Labute approximate surface area is 149 Å². The molecule has 0 saturated carbocycles. The Hall–Kier alpha value is -3.27. The molecule has 3 rings (SSSR count). The van der Waals surface area contributed by atoms with Crippen LogP contribution in [0, 0.1) is 17.0 Å². The largest absolute Gasteiger partial charge is 0.279 e. The van der Waals surface area contributed by atoms with Gasteiger partial charge in [0.2, 0.25) is 0 Å². The van der Waals surface area contributed by atoms with E-state index in [1.54, 1.807) is 23.8 Å². The van der Waals surface area contributed by atoms with Crippen molar-refractivity contribution in [1.82, 2.24) is 14.0 Å². The van der Waals surface area contributed by atoms with Crippen molar-refractivity contribution in [2.75, 3.05) is 7.05 Å². The van der Waals surface area contributed by atoms with Crippen LogP contribution in [-0.4, -0.2) is 40.6 Å². The molecule has 0 fully saturated rings. The standard InChI is InChI=1S/C16H15N5O4S/c1-12-6-7-14(21(22)23)9-16(12)26(24,25)19(2)17-10-13-11-18-20-8-4-3-5-15(13)20/h3-11H,1-2H3/b17-10+. The number of nitro groups is 1. The van der Waals surface area contributed by atoms with Crippen LogP contribution in [0.2, 0.25) is 0 Å². The number of fused-ring (bicyclic) bond motifs is 1. The van der Waals surface area contributed by atoms with Crippen LogP contribution >= 0.6 is 0 Å². The first kappa shape index (κ1) is 17.5. The summed E-state index contributed by atoms with van der Waals surface area (Å²) < 4.78 is 27.9. The number of sulfonamides is 1. The molecule has 0 atom stereocenters. The fourth-order valence-corrected chi connectivity index (χ4v) is 3.58. The fourth-order valence-electron chi connectivity index (χ4n) is 2.38. The second-order valence-corrected chi connectivity index (χ2v) is 7.44. The molecule has 134 valence electrons. The van der Waals surface area contributed by atoms with Gasteiger partial charge in [0.05, 0.1) is 27.7 Å². The van der Waals surface area contributed by atoms with Crippen LogP contribution in [0.15, 0.2) is 58.8 Å². The van der Waals surface area contributed by atoms with Crippen LogP contribution in [0.1, 0.15) is 11.1 Å². The van der Waals surface area contributed by atoms with E-state index in [-0.39, 0.29) is 10.6 Å². The minimum atomic E-state index is -4.03. The Morgan fingerprint density at radius 1 is 1.31 bits per heavy atom. The SMILES string of the molecule is Cc1ccc([N+](=O)[O-])cc1S(=O)(=O)N(C)/N=C/c1cnn2ccccc12. The van der Waals surface area contributed by atoms with E-state index < -0.39 is 14.9 Å². The summed E-state index contributed by atoms with van der Waals surface area (Å²) in [5.74, 6) is 0.